The van der Waals surface area contributed by atoms with E-state index < -0.39 is 0 Å². The predicted octanol–water partition coefficient (Wildman–Crippen LogP) is 1.32. The van der Waals surface area contributed by atoms with Crippen LogP contribution < -0.4 is 0 Å². The molecule has 0 aromatic rings. The van der Waals surface area contributed by atoms with Crippen molar-refractivity contribution in [3.8, 4) is 0 Å². The van der Waals surface area contributed by atoms with Crippen molar-refractivity contribution in [3.63, 3.8) is 0 Å². The Labute approximate surface area is 99.4 Å². The summed E-state index contributed by atoms with van der Waals surface area (Å²) in [5.74, 6) is 0. The summed E-state index contributed by atoms with van der Waals surface area (Å²) in [6.07, 6.45) is 8.12. The third-order valence-electron chi connectivity index (χ3n) is 4.12. The molecule has 2 rings (SSSR count). The Kier molecular flexibility index (Phi) is 4.62. The van der Waals surface area contributed by atoms with Crippen LogP contribution in [0, 0.1) is 0 Å². The van der Waals surface area contributed by atoms with Gasteiger partial charge in [0.2, 0.25) is 0 Å². The highest BCUT2D eigenvalue weighted by Gasteiger charge is 2.29. The summed E-state index contributed by atoms with van der Waals surface area (Å²) in [6, 6.07) is 1.58. The van der Waals surface area contributed by atoms with E-state index in [4.69, 9.17) is 5.11 Å². The van der Waals surface area contributed by atoms with Gasteiger partial charge in [0, 0.05) is 25.2 Å². The van der Waals surface area contributed by atoms with Gasteiger partial charge < -0.3 is 10.0 Å². The Morgan fingerprint density at radius 2 is 2.00 bits per heavy atom. The van der Waals surface area contributed by atoms with Gasteiger partial charge in [0.1, 0.15) is 0 Å². The van der Waals surface area contributed by atoms with Crippen molar-refractivity contribution >= 4 is 0 Å². The monoisotopic (exact) mass is 226 g/mol. The number of hydrogen-bond donors (Lipinski definition) is 1. The molecule has 2 aliphatic rings. The van der Waals surface area contributed by atoms with Gasteiger partial charge in [-0.25, -0.2) is 0 Å². The lowest BCUT2D eigenvalue weighted by molar-refractivity contribution is 0.138. The van der Waals surface area contributed by atoms with Crippen LogP contribution in [-0.2, 0) is 0 Å². The Morgan fingerprint density at radius 3 is 2.62 bits per heavy atom. The van der Waals surface area contributed by atoms with Gasteiger partial charge in [0.25, 0.3) is 0 Å². The van der Waals surface area contributed by atoms with Crippen LogP contribution >= 0.6 is 0 Å². The molecular weight excluding hydrogens is 200 g/mol. The lowest BCUT2D eigenvalue weighted by Gasteiger charge is -2.34. The number of aliphatic hydroxyl groups excluding tert-OH is 1. The van der Waals surface area contributed by atoms with Crippen LogP contribution in [0.15, 0.2) is 0 Å². The third kappa shape index (κ3) is 3.44. The molecule has 16 heavy (non-hydrogen) atoms. The second-order valence-corrected chi connectivity index (χ2v) is 5.41. The normalized spacial score (nSPS) is 27.6. The fourth-order valence-corrected chi connectivity index (χ4v) is 2.87. The summed E-state index contributed by atoms with van der Waals surface area (Å²) in [5.41, 5.74) is 0. The molecule has 1 N–H and O–H groups in total. The molecule has 3 nitrogen and oxygen atoms in total. The zero-order chi connectivity index (χ0) is 11.4. The van der Waals surface area contributed by atoms with Gasteiger partial charge in [-0.05, 0) is 45.7 Å². The molecule has 1 aliphatic heterocycles. The number of hydrogen-bond acceptors (Lipinski definition) is 3. The molecule has 1 saturated heterocycles. The first kappa shape index (κ1) is 12.3. The van der Waals surface area contributed by atoms with Crippen LogP contribution in [0.5, 0.6) is 0 Å². The number of aliphatic hydroxyl groups is 1. The minimum Gasteiger partial charge on any atom is -0.395 e. The molecule has 0 radical (unpaired) electrons. The van der Waals surface area contributed by atoms with E-state index in [2.05, 4.69) is 16.8 Å². The van der Waals surface area contributed by atoms with Crippen molar-refractivity contribution < 1.29 is 5.11 Å². The third-order valence-corrected chi connectivity index (χ3v) is 4.12. The van der Waals surface area contributed by atoms with Crippen molar-refractivity contribution in [3.05, 3.63) is 0 Å². The fraction of sp³-hybridized carbons (Fsp3) is 1.00. The maximum absolute atomic E-state index is 9.05. The van der Waals surface area contributed by atoms with Crippen LogP contribution in [0.2, 0.25) is 0 Å². The lowest BCUT2D eigenvalue weighted by Crippen LogP contribution is -2.40. The molecule has 0 bridgehead atoms. The van der Waals surface area contributed by atoms with E-state index in [-0.39, 0.29) is 0 Å². The van der Waals surface area contributed by atoms with E-state index in [9.17, 15) is 0 Å². The van der Waals surface area contributed by atoms with Gasteiger partial charge in [-0.1, -0.05) is 6.42 Å². The summed E-state index contributed by atoms with van der Waals surface area (Å²) in [7, 11) is 2.26. The molecular formula is C13H26N2O. The second-order valence-electron chi connectivity index (χ2n) is 5.41. The summed E-state index contributed by atoms with van der Waals surface area (Å²) in [6.45, 7) is 3.65. The number of rotatable bonds is 6. The minimum atomic E-state index is 0.316. The maximum Gasteiger partial charge on any atom is 0.0558 e. The van der Waals surface area contributed by atoms with Crippen LogP contribution in [0.25, 0.3) is 0 Å². The highest BCUT2D eigenvalue weighted by atomic mass is 16.3. The molecule has 1 aliphatic carbocycles. The molecule has 0 aromatic heterocycles. The largest absolute Gasteiger partial charge is 0.395 e. The van der Waals surface area contributed by atoms with E-state index in [1.165, 1.54) is 51.6 Å². The molecule has 0 aromatic carbocycles. The Hall–Kier alpha value is -0.120. The van der Waals surface area contributed by atoms with E-state index in [1.54, 1.807) is 0 Å². The molecule has 1 unspecified atom stereocenters. The first-order valence-electron chi connectivity index (χ1n) is 6.86. The van der Waals surface area contributed by atoms with Gasteiger partial charge in [-0.2, -0.15) is 0 Å². The average Bonchev–Trinajstić information content (AvgIpc) is 3.10. The maximum atomic E-state index is 9.05. The molecule has 1 heterocycles. The highest BCUT2D eigenvalue weighted by molar-refractivity contribution is 4.85. The quantitative estimate of drug-likeness (QED) is 0.740. The van der Waals surface area contributed by atoms with E-state index in [0.717, 1.165) is 18.6 Å². The summed E-state index contributed by atoms with van der Waals surface area (Å²) in [5, 5.41) is 9.05. The number of piperidine rings is 1. The summed E-state index contributed by atoms with van der Waals surface area (Å²) < 4.78 is 0. The van der Waals surface area contributed by atoms with Gasteiger partial charge in [0.05, 0.1) is 6.61 Å². The molecule has 94 valence electrons. The first-order chi connectivity index (χ1) is 7.81. The van der Waals surface area contributed by atoms with Gasteiger partial charge in [0.15, 0.2) is 0 Å². The highest BCUT2D eigenvalue weighted by Crippen LogP contribution is 2.27. The predicted molar refractivity (Wildman–Crippen MR) is 66.6 cm³/mol. The molecule has 0 spiro atoms. The SMILES string of the molecule is CN1CCCCC1CCN(CCO)C1CC1. The number of likely N-dealkylation sites (tertiary alicyclic amines) is 1. The fourth-order valence-electron chi connectivity index (χ4n) is 2.87. The molecule has 2 fully saturated rings. The summed E-state index contributed by atoms with van der Waals surface area (Å²) >= 11 is 0. The lowest BCUT2D eigenvalue weighted by atomic mass is 10.00. The van der Waals surface area contributed by atoms with Crippen molar-refractivity contribution in [1.82, 2.24) is 9.80 Å². The Bertz CT molecular complexity index is 202. The van der Waals surface area contributed by atoms with Crippen molar-refractivity contribution in [1.29, 1.82) is 0 Å². The van der Waals surface area contributed by atoms with E-state index >= 15 is 0 Å². The smallest absolute Gasteiger partial charge is 0.0558 e. The van der Waals surface area contributed by atoms with Gasteiger partial charge in [-0.15, -0.1) is 0 Å². The molecule has 3 heteroatoms. The zero-order valence-corrected chi connectivity index (χ0v) is 10.6. The van der Waals surface area contributed by atoms with Crippen LogP contribution in [-0.4, -0.2) is 60.3 Å². The van der Waals surface area contributed by atoms with Gasteiger partial charge in [-0.3, -0.25) is 4.90 Å². The molecule has 1 atom stereocenters. The molecule has 0 amide bonds. The number of nitrogens with zero attached hydrogens (tertiary/aromatic N) is 2. The molecule has 1 saturated carbocycles. The Balaban J connectivity index is 1.71. The van der Waals surface area contributed by atoms with E-state index in [0.29, 0.717) is 6.61 Å². The van der Waals surface area contributed by atoms with Crippen LogP contribution in [0.3, 0.4) is 0 Å². The van der Waals surface area contributed by atoms with Crippen molar-refractivity contribution in [2.24, 2.45) is 0 Å². The standard InChI is InChI=1S/C13H26N2O/c1-14-8-3-2-4-12(14)7-9-15(10-11-16)13-5-6-13/h12-13,16H,2-11H2,1H3. The minimum absolute atomic E-state index is 0.316. The Morgan fingerprint density at radius 1 is 1.19 bits per heavy atom. The van der Waals surface area contributed by atoms with Crippen LogP contribution in [0.1, 0.15) is 38.5 Å². The van der Waals surface area contributed by atoms with Crippen molar-refractivity contribution in [2.75, 3.05) is 33.3 Å². The second kappa shape index (κ2) is 5.99. The first-order valence-corrected chi connectivity index (χ1v) is 6.86. The zero-order valence-electron chi connectivity index (χ0n) is 10.6. The van der Waals surface area contributed by atoms with Crippen molar-refractivity contribution in [2.45, 2.75) is 50.6 Å². The average molecular weight is 226 g/mol. The van der Waals surface area contributed by atoms with Gasteiger partial charge >= 0.3 is 0 Å². The summed E-state index contributed by atoms with van der Waals surface area (Å²) in [4.78, 5) is 5.01. The van der Waals surface area contributed by atoms with E-state index in [1.807, 2.05) is 0 Å². The van der Waals surface area contributed by atoms with Crippen LogP contribution in [0.4, 0.5) is 0 Å². The topological polar surface area (TPSA) is 26.7 Å².